The predicted octanol–water partition coefficient (Wildman–Crippen LogP) is 3.91. The molecular formula is C19H20BrClN4O3S2. The van der Waals surface area contributed by atoms with E-state index < -0.39 is 10.0 Å². The Morgan fingerprint density at radius 3 is 2.33 bits per heavy atom. The van der Waals surface area contributed by atoms with Crippen molar-refractivity contribution in [3.8, 4) is 0 Å². The van der Waals surface area contributed by atoms with Gasteiger partial charge in [0, 0.05) is 28.8 Å². The summed E-state index contributed by atoms with van der Waals surface area (Å²) in [6.07, 6.45) is 2.83. The van der Waals surface area contributed by atoms with E-state index in [1.54, 1.807) is 42.5 Å². The van der Waals surface area contributed by atoms with Crippen molar-refractivity contribution in [2.24, 2.45) is 0 Å². The fourth-order valence-electron chi connectivity index (χ4n) is 2.95. The summed E-state index contributed by atoms with van der Waals surface area (Å²) < 4.78 is 27.5. The highest BCUT2D eigenvalue weighted by Crippen LogP contribution is 2.23. The van der Waals surface area contributed by atoms with E-state index in [-0.39, 0.29) is 15.9 Å². The average molecular weight is 532 g/mol. The minimum atomic E-state index is -3.48. The zero-order valence-corrected chi connectivity index (χ0v) is 19.8. The molecule has 3 N–H and O–H groups in total. The van der Waals surface area contributed by atoms with Gasteiger partial charge in [-0.1, -0.05) is 18.0 Å². The Balaban J connectivity index is 1.55. The predicted molar refractivity (Wildman–Crippen MR) is 125 cm³/mol. The van der Waals surface area contributed by atoms with Crippen LogP contribution in [0.3, 0.4) is 0 Å². The molecule has 0 unspecified atom stereocenters. The van der Waals surface area contributed by atoms with Crippen LogP contribution < -0.4 is 16.2 Å². The molecule has 7 nitrogen and oxygen atoms in total. The Hall–Kier alpha value is -1.72. The van der Waals surface area contributed by atoms with Gasteiger partial charge in [-0.2, -0.15) is 4.31 Å². The topological polar surface area (TPSA) is 90.5 Å². The first-order valence-corrected chi connectivity index (χ1v) is 12.2. The highest BCUT2D eigenvalue weighted by Gasteiger charge is 2.25. The Morgan fingerprint density at radius 1 is 1.03 bits per heavy atom. The number of halogens is 2. The van der Waals surface area contributed by atoms with Crippen molar-refractivity contribution in [1.82, 2.24) is 15.2 Å². The number of hydrogen-bond acceptors (Lipinski definition) is 4. The van der Waals surface area contributed by atoms with Gasteiger partial charge >= 0.3 is 0 Å². The molecule has 1 heterocycles. The molecule has 0 aromatic heterocycles. The number of carbonyl (C=O) groups is 1. The maximum atomic E-state index is 12.7. The number of thiocarbonyl (C=S) groups is 1. The van der Waals surface area contributed by atoms with E-state index in [9.17, 15) is 13.2 Å². The van der Waals surface area contributed by atoms with E-state index in [4.69, 9.17) is 23.8 Å². The van der Waals surface area contributed by atoms with Crippen molar-refractivity contribution in [2.45, 2.75) is 24.2 Å². The van der Waals surface area contributed by atoms with Crippen molar-refractivity contribution in [1.29, 1.82) is 0 Å². The van der Waals surface area contributed by atoms with E-state index >= 15 is 0 Å². The lowest BCUT2D eigenvalue weighted by atomic mass is 10.2. The molecule has 30 heavy (non-hydrogen) atoms. The summed E-state index contributed by atoms with van der Waals surface area (Å²) in [6, 6.07) is 11.1. The van der Waals surface area contributed by atoms with Crippen molar-refractivity contribution in [3.63, 3.8) is 0 Å². The molecule has 0 radical (unpaired) electrons. The molecule has 0 aliphatic carbocycles. The smallest absolute Gasteiger partial charge is 0.269 e. The average Bonchev–Trinajstić information content (AvgIpc) is 2.75. The number of hydrazine groups is 1. The molecule has 2 aromatic rings. The molecule has 2 aromatic carbocycles. The molecule has 1 aliphatic rings. The molecule has 1 fully saturated rings. The molecule has 0 atom stereocenters. The van der Waals surface area contributed by atoms with E-state index in [1.165, 1.54) is 4.31 Å². The Labute approximate surface area is 194 Å². The summed E-state index contributed by atoms with van der Waals surface area (Å²) >= 11 is 14.4. The monoisotopic (exact) mass is 530 g/mol. The standard InChI is InChI=1S/C19H20BrClN4O3S2/c20-16-12-13(4-9-17(16)21)18(26)23-24-19(29)22-14-5-7-15(8-6-14)30(27,28)25-10-2-1-3-11-25/h4-9,12H,1-3,10-11H2,(H,23,26)(H2,22,24,29). The summed E-state index contributed by atoms with van der Waals surface area (Å²) in [5, 5.41) is 3.55. The van der Waals surface area contributed by atoms with Gasteiger partial charge in [-0.15, -0.1) is 0 Å². The second-order valence-corrected chi connectivity index (χ2v) is 10.3. The first-order valence-electron chi connectivity index (χ1n) is 9.20. The van der Waals surface area contributed by atoms with Gasteiger partial charge in [0.1, 0.15) is 0 Å². The third kappa shape index (κ3) is 5.70. The molecule has 11 heteroatoms. The second-order valence-electron chi connectivity index (χ2n) is 6.65. The van der Waals surface area contributed by atoms with Gasteiger partial charge < -0.3 is 5.32 Å². The first kappa shape index (κ1) is 23.0. The van der Waals surface area contributed by atoms with Crippen LogP contribution >= 0.6 is 39.7 Å². The van der Waals surface area contributed by atoms with Crippen LogP contribution in [0.1, 0.15) is 29.6 Å². The lowest BCUT2D eigenvalue weighted by molar-refractivity contribution is 0.0944. The van der Waals surface area contributed by atoms with Crippen LogP contribution in [0.25, 0.3) is 0 Å². The lowest BCUT2D eigenvalue weighted by Gasteiger charge is -2.25. The van der Waals surface area contributed by atoms with Gasteiger partial charge in [0.2, 0.25) is 10.0 Å². The zero-order valence-electron chi connectivity index (χ0n) is 15.8. The fraction of sp³-hybridized carbons (Fsp3) is 0.263. The Kier molecular flexibility index (Phi) is 7.70. The van der Waals surface area contributed by atoms with Crippen LogP contribution in [0.15, 0.2) is 51.8 Å². The third-order valence-corrected chi connectivity index (χ3v) is 7.87. The molecule has 3 rings (SSSR count). The number of hydrogen-bond donors (Lipinski definition) is 3. The minimum Gasteiger partial charge on any atom is -0.331 e. The number of sulfonamides is 1. The van der Waals surface area contributed by atoms with Crippen molar-refractivity contribution < 1.29 is 13.2 Å². The largest absolute Gasteiger partial charge is 0.331 e. The summed E-state index contributed by atoms with van der Waals surface area (Å²) in [6.45, 7) is 1.11. The SMILES string of the molecule is O=C(NNC(=S)Nc1ccc(S(=O)(=O)N2CCCCC2)cc1)c1ccc(Cl)c(Br)c1. The number of piperidine rings is 1. The molecule has 1 amide bonds. The number of carbonyl (C=O) groups excluding carboxylic acids is 1. The number of nitrogens with zero attached hydrogens (tertiary/aromatic N) is 1. The Morgan fingerprint density at radius 2 is 1.70 bits per heavy atom. The van der Waals surface area contributed by atoms with Crippen molar-refractivity contribution >= 4 is 66.5 Å². The van der Waals surface area contributed by atoms with Gasteiger partial charge in [0.05, 0.1) is 9.92 Å². The molecular weight excluding hydrogens is 512 g/mol. The van der Waals surface area contributed by atoms with Crippen LogP contribution in [0.2, 0.25) is 5.02 Å². The van der Waals surface area contributed by atoms with Gasteiger partial charge in [0.25, 0.3) is 5.91 Å². The molecule has 0 saturated carbocycles. The van der Waals surface area contributed by atoms with Crippen molar-refractivity contribution in [3.05, 3.63) is 57.5 Å². The number of rotatable bonds is 4. The normalized spacial score (nSPS) is 14.7. The van der Waals surface area contributed by atoms with Crippen LogP contribution in [0, 0.1) is 0 Å². The number of anilines is 1. The molecule has 0 bridgehead atoms. The molecule has 0 spiro atoms. The quantitative estimate of drug-likeness (QED) is 0.409. The summed E-state index contributed by atoms with van der Waals surface area (Å²) in [5.74, 6) is -0.389. The van der Waals surface area contributed by atoms with E-state index in [1.807, 2.05) is 0 Å². The van der Waals surface area contributed by atoms with Crippen molar-refractivity contribution in [2.75, 3.05) is 18.4 Å². The molecule has 1 aliphatic heterocycles. The fourth-order valence-corrected chi connectivity index (χ4v) is 5.13. The minimum absolute atomic E-state index is 0.156. The van der Waals surface area contributed by atoms with Crippen LogP contribution in [0.4, 0.5) is 5.69 Å². The lowest BCUT2D eigenvalue weighted by Crippen LogP contribution is -2.43. The van der Waals surface area contributed by atoms with Gasteiger partial charge in [0.15, 0.2) is 5.11 Å². The summed E-state index contributed by atoms with van der Waals surface area (Å²) in [5.41, 5.74) is 6.08. The van der Waals surface area contributed by atoms with Crippen LogP contribution in [0.5, 0.6) is 0 Å². The first-order chi connectivity index (χ1) is 14.3. The molecule has 160 valence electrons. The summed E-state index contributed by atoms with van der Waals surface area (Å²) in [7, 11) is -3.48. The third-order valence-electron chi connectivity index (χ3n) is 4.54. The number of amides is 1. The highest BCUT2D eigenvalue weighted by molar-refractivity contribution is 9.10. The van der Waals surface area contributed by atoms with Gasteiger partial charge in [-0.25, -0.2) is 8.42 Å². The van der Waals surface area contributed by atoms with Gasteiger partial charge in [-0.3, -0.25) is 15.6 Å². The van der Waals surface area contributed by atoms with Gasteiger partial charge in [-0.05, 0) is 83.5 Å². The zero-order chi connectivity index (χ0) is 21.7. The van der Waals surface area contributed by atoms with E-state index in [0.29, 0.717) is 33.8 Å². The maximum Gasteiger partial charge on any atom is 0.269 e. The maximum absolute atomic E-state index is 12.7. The summed E-state index contributed by atoms with van der Waals surface area (Å²) in [4.78, 5) is 12.4. The second kappa shape index (κ2) is 10.1. The van der Waals surface area contributed by atoms with Crippen LogP contribution in [-0.4, -0.2) is 36.8 Å². The molecule has 1 saturated heterocycles. The highest BCUT2D eigenvalue weighted by atomic mass is 79.9. The van der Waals surface area contributed by atoms with E-state index in [0.717, 1.165) is 19.3 Å². The Bertz CT molecular complexity index is 1040. The van der Waals surface area contributed by atoms with Crippen LogP contribution in [-0.2, 0) is 10.0 Å². The number of nitrogens with one attached hydrogen (secondary N) is 3. The number of benzene rings is 2. The van der Waals surface area contributed by atoms with E-state index in [2.05, 4.69) is 32.1 Å².